The molecule has 0 bridgehead atoms. The fourth-order valence-electron chi connectivity index (χ4n) is 1.77. The molecule has 19 heavy (non-hydrogen) atoms. The fourth-order valence-corrected chi connectivity index (χ4v) is 2.58. The van der Waals surface area contributed by atoms with Gasteiger partial charge in [-0.3, -0.25) is 0 Å². The summed E-state index contributed by atoms with van der Waals surface area (Å²) in [6, 6.07) is 10.1. The van der Waals surface area contributed by atoms with Crippen molar-refractivity contribution >= 4 is 31.9 Å². The van der Waals surface area contributed by atoms with Crippen LogP contribution in [0.25, 0.3) is 0 Å². The van der Waals surface area contributed by atoms with Gasteiger partial charge in [0.25, 0.3) is 0 Å². The first-order valence-corrected chi connectivity index (χ1v) is 7.15. The highest BCUT2D eigenvalue weighted by Gasteiger charge is 2.12. The van der Waals surface area contributed by atoms with E-state index in [0.717, 1.165) is 21.3 Å². The summed E-state index contributed by atoms with van der Waals surface area (Å²) >= 11 is 6.54. The molecule has 2 aromatic carbocycles. The Hall–Kier alpha value is -0.910. The molecule has 0 radical (unpaired) electrons. The van der Waals surface area contributed by atoms with Gasteiger partial charge >= 0.3 is 0 Å². The third-order valence-corrected chi connectivity index (χ3v) is 4.10. The smallest absolute Gasteiger partial charge is 0.137 e. The number of ether oxygens (including phenoxy) is 1. The molecule has 0 fully saturated rings. The van der Waals surface area contributed by atoms with E-state index in [1.807, 2.05) is 18.2 Å². The molecule has 2 nitrogen and oxygen atoms in total. The van der Waals surface area contributed by atoms with Crippen LogP contribution >= 0.6 is 31.9 Å². The summed E-state index contributed by atoms with van der Waals surface area (Å²) in [5, 5.41) is 0. The molecule has 0 aromatic heterocycles. The molecule has 0 aliphatic carbocycles. The monoisotopic (exact) mass is 387 g/mol. The number of nitrogens with two attached hydrogens (primary N) is 1. The first kappa shape index (κ1) is 14.5. The van der Waals surface area contributed by atoms with Crippen LogP contribution in [0.4, 0.5) is 4.39 Å². The molecule has 0 spiro atoms. The molecule has 5 heteroatoms. The summed E-state index contributed by atoms with van der Waals surface area (Å²) < 4.78 is 19.9. The maximum absolute atomic E-state index is 13.5. The third kappa shape index (κ3) is 3.16. The molecule has 1 unspecified atom stereocenters. The number of benzene rings is 2. The zero-order valence-electron chi connectivity index (χ0n) is 10.2. The van der Waals surface area contributed by atoms with Crippen LogP contribution in [-0.2, 0) is 0 Å². The van der Waals surface area contributed by atoms with Crippen LogP contribution in [0.3, 0.4) is 0 Å². The van der Waals surface area contributed by atoms with Crippen LogP contribution in [-0.4, -0.2) is 7.11 Å². The van der Waals surface area contributed by atoms with Crippen LogP contribution in [0.2, 0.25) is 0 Å². The predicted molar refractivity (Wildman–Crippen MR) is 80.8 cm³/mol. The molecule has 0 amide bonds. The lowest BCUT2D eigenvalue weighted by Gasteiger charge is -2.14. The Morgan fingerprint density at radius 2 is 1.68 bits per heavy atom. The lowest BCUT2D eigenvalue weighted by atomic mass is 9.99. The third-order valence-electron chi connectivity index (χ3n) is 2.84. The van der Waals surface area contributed by atoms with Gasteiger partial charge in [0.15, 0.2) is 0 Å². The van der Waals surface area contributed by atoms with Crippen molar-refractivity contribution in [3.8, 4) is 5.75 Å². The van der Waals surface area contributed by atoms with Crippen molar-refractivity contribution in [2.45, 2.75) is 6.04 Å². The second-order valence-corrected chi connectivity index (χ2v) is 5.75. The number of halogens is 3. The zero-order chi connectivity index (χ0) is 14.0. The van der Waals surface area contributed by atoms with Gasteiger partial charge in [-0.1, -0.05) is 12.1 Å². The van der Waals surface area contributed by atoms with Gasteiger partial charge in [-0.15, -0.1) is 0 Å². The molecular formula is C14H12Br2FNO. The lowest BCUT2D eigenvalue weighted by molar-refractivity contribution is 0.412. The number of rotatable bonds is 3. The maximum atomic E-state index is 13.5. The summed E-state index contributed by atoms with van der Waals surface area (Å²) in [5.41, 5.74) is 7.76. The Morgan fingerprint density at radius 1 is 1.05 bits per heavy atom. The van der Waals surface area contributed by atoms with Gasteiger partial charge in [0.2, 0.25) is 0 Å². The molecule has 0 aliphatic rings. The van der Waals surface area contributed by atoms with Gasteiger partial charge in [-0.25, -0.2) is 4.39 Å². The van der Waals surface area contributed by atoms with E-state index in [-0.39, 0.29) is 11.9 Å². The molecule has 0 saturated heterocycles. The number of hydrogen-bond acceptors (Lipinski definition) is 2. The molecule has 2 aromatic rings. The molecule has 0 aliphatic heterocycles. The van der Waals surface area contributed by atoms with E-state index < -0.39 is 0 Å². The van der Waals surface area contributed by atoms with Crippen molar-refractivity contribution in [3.63, 3.8) is 0 Å². The van der Waals surface area contributed by atoms with Crippen molar-refractivity contribution < 1.29 is 9.13 Å². The van der Waals surface area contributed by atoms with E-state index in [0.29, 0.717) is 4.47 Å². The maximum Gasteiger partial charge on any atom is 0.137 e. The van der Waals surface area contributed by atoms with Crippen LogP contribution in [0.1, 0.15) is 17.2 Å². The van der Waals surface area contributed by atoms with E-state index in [4.69, 9.17) is 10.5 Å². The van der Waals surface area contributed by atoms with Crippen molar-refractivity contribution in [1.29, 1.82) is 0 Å². The van der Waals surface area contributed by atoms with E-state index >= 15 is 0 Å². The zero-order valence-corrected chi connectivity index (χ0v) is 13.3. The van der Waals surface area contributed by atoms with Crippen molar-refractivity contribution in [1.82, 2.24) is 0 Å². The van der Waals surface area contributed by atoms with Crippen LogP contribution in [0.5, 0.6) is 5.75 Å². The van der Waals surface area contributed by atoms with Crippen LogP contribution in [0, 0.1) is 5.82 Å². The highest BCUT2D eigenvalue weighted by Crippen LogP contribution is 2.30. The highest BCUT2D eigenvalue weighted by atomic mass is 79.9. The largest absolute Gasteiger partial charge is 0.496 e. The van der Waals surface area contributed by atoms with Crippen LogP contribution in [0.15, 0.2) is 45.3 Å². The first-order valence-electron chi connectivity index (χ1n) is 5.57. The predicted octanol–water partition coefficient (Wildman–Crippen LogP) is 4.41. The summed E-state index contributed by atoms with van der Waals surface area (Å²) in [6.45, 7) is 0. The molecule has 0 saturated carbocycles. The Morgan fingerprint density at radius 3 is 2.26 bits per heavy atom. The fraction of sp³-hybridized carbons (Fsp3) is 0.143. The molecular weight excluding hydrogens is 377 g/mol. The Labute approximate surface area is 128 Å². The Balaban J connectivity index is 2.35. The van der Waals surface area contributed by atoms with Gasteiger partial charge in [-0.05, 0) is 67.3 Å². The second kappa shape index (κ2) is 6.03. The minimum absolute atomic E-state index is 0.319. The molecule has 2 N–H and O–H groups in total. The Kier molecular flexibility index (Phi) is 4.60. The summed E-state index contributed by atoms with van der Waals surface area (Å²) in [4.78, 5) is 0. The molecule has 1 atom stereocenters. The van der Waals surface area contributed by atoms with Crippen LogP contribution < -0.4 is 10.5 Å². The molecule has 2 rings (SSSR count). The normalized spacial score (nSPS) is 12.3. The van der Waals surface area contributed by atoms with Gasteiger partial charge in [0.1, 0.15) is 11.6 Å². The average molecular weight is 389 g/mol. The lowest BCUT2D eigenvalue weighted by Crippen LogP contribution is -2.12. The van der Waals surface area contributed by atoms with Crippen molar-refractivity contribution in [2.24, 2.45) is 5.73 Å². The first-order chi connectivity index (χ1) is 9.02. The molecule has 100 valence electrons. The van der Waals surface area contributed by atoms with Gasteiger partial charge in [-0.2, -0.15) is 0 Å². The SMILES string of the molecule is COc1ccc(C(N)c2ccc(Br)c(F)c2)cc1Br. The minimum Gasteiger partial charge on any atom is -0.496 e. The topological polar surface area (TPSA) is 35.2 Å². The average Bonchev–Trinajstić information content (AvgIpc) is 2.41. The Bertz CT molecular complexity index is 604. The van der Waals surface area contributed by atoms with E-state index in [1.54, 1.807) is 19.2 Å². The molecule has 0 heterocycles. The second-order valence-electron chi connectivity index (χ2n) is 4.05. The minimum atomic E-state index is -0.384. The van der Waals surface area contributed by atoms with Gasteiger partial charge < -0.3 is 10.5 Å². The quantitative estimate of drug-likeness (QED) is 0.845. The number of hydrogen-bond donors (Lipinski definition) is 1. The van der Waals surface area contributed by atoms with Gasteiger partial charge in [0.05, 0.1) is 22.1 Å². The summed E-state index contributed by atoms with van der Waals surface area (Å²) in [5.74, 6) is 0.415. The summed E-state index contributed by atoms with van der Waals surface area (Å²) in [6.07, 6.45) is 0. The van der Waals surface area contributed by atoms with Crippen molar-refractivity contribution in [3.05, 3.63) is 62.3 Å². The van der Waals surface area contributed by atoms with E-state index in [2.05, 4.69) is 31.9 Å². The highest BCUT2D eigenvalue weighted by molar-refractivity contribution is 9.10. The van der Waals surface area contributed by atoms with Crippen molar-refractivity contribution in [2.75, 3.05) is 7.11 Å². The number of methoxy groups -OCH3 is 1. The summed E-state index contributed by atoms with van der Waals surface area (Å²) in [7, 11) is 1.60. The van der Waals surface area contributed by atoms with E-state index in [1.165, 1.54) is 6.07 Å². The van der Waals surface area contributed by atoms with E-state index in [9.17, 15) is 4.39 Å². The standard InChI is InChI=1S/C14H12Br2FNO/c1-19-13-5-3-8(6-11(13)16)14(18)9-2-4-10(15)12(17)7-9/h2-7,14H,18H2,1H3. The van der Waals surface area contributed by atoms with Gasteiger partial charge in [0, 0.05) is 0 Å².